The van der Waals surface area contributed by atoms with Crippen molar-refractivity contribution in [3.8, 4) is 0 Å². The lowest BCUT2D eigenvalue weighted by Crippen LogP contribution is -2.11. The third kappa shape index (κ3) is 2.52. The van der Waals surface area contributed by atoms with Crippen LogP contribution in [0.5, 0.6) is 0 Å². The molecule has 0 saturated heterocycles. The molecule has 0 aliphatic heterocycles. The second-order valence-corrected chi connectivity index (χ2v) is 5.22. The van der Waals surface area contributed by atoms with Gasteiger partial charge in [0.15, 0.2) is 0 Å². The highest BCUT2D eigenvalue weighted by Gasteiger charge is 2.19. The second kappa shape index (κ2) is 3.68. The van der Waals surface area contributed by atoms with Gasteiger partial charge in [0.05, 0.1) is 10.0 Å². The molecule has 0 radical (unpaired) electrons. The van der Waals surface area contributed by atoms with Gasteiger partial charge in [0.1, 0.15) is 0 Å². The molecule has 0 nitrogen and oxygen atoms in total. The average molecular weight is 238 g/mol. The predicted molar refractivity (Wildman–Crippen MR) is 60.2 cm³/mol. The lowest BCUT2D eigenvalue weighted by atomic mass is 9.87. The van der Waals surface area contributed by atoms with Crippen LogP contribution in [0.1, 0.15) is 26.3 Å². The van der Waals surface area contributed by atoms with Crippen LogP contribution < -0.4 is 0 Å². The standard InChI is InChI=1S/C10H11Cl3/c1-10(2,3)7-4-6(11)5-8(12)9(7)13/h4-5H,1-3H3. The zero-order valence-corrected chi connectivity index (χ0v) is 10.1. The van der Waals surface area contributed by atoms with Gasteiger partial charge in [0.2, 0.25) is 0 Å². The van der Waals surface area contributed by atoms with Gasteiger partial charge in [-0.1, -0.05) is 55.6 Å². The Labute approximate surface area is 93.8 Å². The van der Waals surface area contributed by atoms with Crippen LogP contribution in [0.3, 0.4) is 0 Å². The predicted octanol–water partition coefficient (Wildman–Crippen LogP) is 4.94. The molecule has 1 aromatic carbocycles. The highest BCUT2D eigenvalue weighted by atomic mass is 35.5. The molecule has 0 N–H and O–H groups in total. The van der Waals surface area contributed by atoms with Gasteiger partial charge in [0.25, 0.3) is 0 Å². The van der Waals surface area contributed by atoms with Gasteiger partial charge in [-0.05, 0) is 23.1 Å². The van der Waals surface area contributed by atoms with Crippen molar-refractivity contribution in [1.82, 2.24) is 0 Å². The first-order chi connectivity index (χ1) is 5.82. The summed E-state index contributed by atoms with van der Waals surface area (Å²) in [5.74, 6) is 0. The van der Waals surface area contributed by atoms with Crippen molar-refractivity contribution in [3.05, 3.63) is 32.8 Å². The van der Waals surface area contributed by atoms with E-state index in [2.05, 4.69) is 20.8 Å². The summed E-state index contributed by atoms with van der Waals surface area (Å²) in [6.07, 6.45) is 0. The number of hydrogen-bond acceptors (Lipinski definition) is 0. The fourth-order valence-corrected chi connectivity index (χ4v) is 1.99. The molecule has 1 rings (SSSR count). The van der Waals surface area contributed by atoms with E-state index < -0.39 is 0 Å². The maximum atomic E-state index is 6.06. The lowest BCUT2D eigenvalue weighted by molar-refractivity contribution is 0.590. The Morgan fingerprint density at radius 1 is 1.00 bits per heavy atom. The van der Waals surface area contributed by atoms with Crippen LogP contribution in [0.25, 0.3) is 0 Å². The summed E-state index contributed by atoms with van der Waals surface area (Å²) in [6.45, 7) is 6.21. The summed E-state index contributed by atoms with van der Waals surface area (Å²) in [7, 11) is 0. The molecule has 0 amide bonds. The summed E-state index contributed by atoms with van der Waals surface area (Å²) < 4.78 is 0. The summed E-state index contributed by atoms with van der Waals surface area (Å²) in [6, 6.07) is 3.51. The molecule has 0 atom stereocenters. The average Bonchev–Trinajstić information content (AvgIpc) is 1.94. The number of benzene rings is 1. The minimum atomic E-state index is -0.0361. The van der Waals surface area contributed by atoms with E-state index in [1.54, 1.807) is 6.07 Å². The third-order valence-corrected chi connectivity index (χ3v) is 2.82. The first-order valence-corrected chi connectivity index (χ1v) is 5.11. The Balaban J connectivity index is 3.37. The zero-order valence-electron chi connectivity index (χ0n) is 7.79. The van der Waals surface area contributed by atoms with Crippen molar-refractivity contribution in [3.63, 3.8) is 0 Å². The first-order valence-electron chi connectivity index (χ1n) is 3.97. The normalized spacial score (nSPS) is 11.8. The van der Waals surface area contributed by atoms with E-state index in [9.17, 15) is 0 Å². The first kappa shape index (κ1) is 11.2. The molecule has 0 spiro atoms. The maximum Gasteiger partial charge on any atom is 0.0630 e. The maximum absolute atomic E-state index is 6.06. The van der Waals surface area contributed by atoms with Gasteiger partial charge in [-0.3, -0.25) is 0 Å². The molecular weight excluding hydrogens is 226 g/mol. The molecular formula is C10H11Cl3. The minimum Gasteiger partial charge on any atom is -0.0843 e. The molecule has 3 heteroatoms. The molecule has 72 valence electrons. The van der Waals surface area contributed by atoms with E-state index in [-0.39, 0.29) is 5.41 Å². The lowest BCUT2D eigenvalue weighted by Gasteiger charge is -2.21. The van der Waals surface area contributed by atoms with E-state index in [0.717, 1.165) is 5.56 Å². The van der Waals surface area contributed by atoms with Crippen molar-refractivity contribution in [2.24, 2.45) is 0 Å². The highest BCUT2D eigenvalue weighted by molar-refractivity contribution is 6.43. The van der Waals surface area contributed by atoms with Crippen LogP contribution in [-0.4, -0.2) is 0 Å². The molecule has 13 heavy (non-hydrogen) atoms. The second-order valence-electron chi connectivity index (χ2n) is 4.00. The summed E-state index contributed by atoms with van der Waals surface area (Å²) in [5, 5.41) is 1.73. The topological polar surface area (TPSA) is 0 Å². The molecule has 0 fully saturated rings. The molecule has 0 saturated carbocycles. The van der Waals surface area contributed by atoms with Crippen molar-refractivity contribution in [2.45, 2.75) is 26.2 Å². The summed E-state index contributed by atoms with van der Waals surface area (Å²) in [5.41, 5.74) is 0.942. The molecule has 0 aromatic heterocycles. The van der Waals surface area contributed by atoms with Gasteiger partial charge in [0, 0.05) is 5.02 Å². The molecule has 0 aliphatic rings. The van der Waals surface area contributed by atoms with Crippen LogP contribution in [-0.2, 0) is 5.41 Å². The largest absolute Gasteiger partial charge is 0.0843 e. The third-order valence-electron chi connectivity index (χ3n) is 1.80. The fourth-order valence-electron chi connectivity index (χ4n) is 1.10. The van der Waals surface area contributed by atoms with E-state index >= 15 is 0 Å². The molecule has 0 aliphatic carbocycles. The number of halogens is 3. The van der Waals surface area contributed by atoms with Crippen molar-refractivity contribution < 1.29 is 0 Å². The van der Waals surface area contributed by atoms with Gasteiger partial charge in [-0.15, -0.1) is 0 Å². The van der Waals surface area contributed by atoms with E-state index in [4.69, 9.17) is 34.8 Å². The SMILES string of the molecule is CC(C)(C)c1cc(Cl)cc(Cl)c1Cl. The number of hydrogen-bond donors (Lipinski definition) is 0. The van der Waals surface area contributed by atoms with Crippen LogP contribution in [0.4, 0.5) is 0 Å². The number of rotatable bonds is 0. The van der Waals surface area contributed by atoms with Gasteiger partial charge in [-0.2, -0.15) is 0 Å². The molecule has 1 aromatic rings. The molecule has 0 unspecified atom stereocenters. The zero-order chi connectivity index (χ0) is 10.2. The van der Waals surface area contributed by atoms with Crippen molar-refractivity contribution >= 4 is 34.8 Å². The quantitative estimate of drug-likeness (QED) is 0.561. The van der Waals surface area contributed by atoms with Gasteiger partial charge >= 0.3 is 0 Å². The molecule has 0 heterocycles. The minimum absolute atomic E-state index is 0.0361. The molecule has 0 bridgehead atoms. The Bertz CT molecular complexity index is 324. The van der Waals surface area contributed by atoms with Crippen LogP contribution in [0, 0.1) is 0 Å². The van der Waals surface area contributed by atoms with E-state index in [1.165, 1.54) is 0 Å². The van der Waals surface area contributed by atoms with Crippen LogP contribution in [0.15, 0.2) is 12.1 Å². The summed E-state index contributed by atoms with van der Waals surface area (Å²) >= 11 is 17.9. The van der Waals surface area contributed by atoms with Crippen LogP contribution in [0.2, 0.25) is 15.1 Å². The smallest absolute Gasteiger partial charge is 0.0630 e. The Hall–Kier alpha value is 0.0900. The Morgan fingerprint density at radius 3 is 2.00 bits per heavy atom. The monoisotopic (exact) mass is 236 g/mol. The highest BCUT2D eigenvalue weighted by Crippen LogP contribution is 2.36. The van der Waals surface area contributed by atoms with Gasteiger partial charge < -0.3 is 0 Å². The van der Waals surface area contributed by atoms with E-state index in [0.29, 0.717) is 15.1 Å². The van der Waals surface area contributed by atoms with Crippen molar-refractivity contribution in [1.29, 1.82) is 0 Å². The van der Waals surface area contributed by atoms with Gasteiger partial charge in [-0.25, -0.2) is 0 Å². The summed E-state index contributed by atoms with van der Waals surface area (Å²) in [4.78, 5) is 0. The fraction of sp³-hybridized carbons (Fsp3) is 0.400. The Kier molecular flexibility index (Phi) is 3.16. The van der Waals surface area contributed by atoms with E-state index in [1.807, 2.05) is 6.07 Å². The Morgan fingerprint density at radius 2 is 1.54 bits per heavy atom. The van der Waals surface area contributed by atoms with Crippen LogP contribution >= 0.6 is 34.8 Å². The van der Waals surface area contributed by atoms with Crippen molar-refractivity contribution in [2.75, 3.05) is 0 Å².